The van der Waals surface area contributed by atoms with Gasteiger partial charge in [0.05, 0.1) is 19.1 Å². The van der Waals surface area contributed by atoms with E-state index in [0.717, 1.165) is 12.3 Å². The van der Waals surface area contributed by atoms with E-state index in [1.807, 2.05) is 0 Å². The van der Waals surface area contributed by atoms with E-state index in [1.54, 1.807) is 18.2 Å². The maximum absolute atomic E-state index is 12.0. The molecular formula is C17H21ClN2O3. The summed E-state index contributed by atoms with van der Waals surface area (Å²) in [5.41, 5.74) is 6.40. The normalized spacial score (nSPS) is 26.3. The van der Waals surface area contributed by atoms with Crippen LogP contribution in [-0.4, -0.2) is 18.9 Å². The summed E-state index contributed by atoms with van der Waals surface area (Å²) in [7, 11) is 1.53. The SMILES string of the molecule is COc1ccc(Cl)cc1/C(N)=N\OC(=O)C[C@@H]1C[C@H]2CC[C@H]1C2. The van der Waals surface area contributed by atoms with E-state index in [2.05, 4.69) is 5.16 Å². The van der Waals surface area contributed by atoms with Gasteiger partial charge in [-0.25, -0.2) is 4.79 Å². The molecule has 0 amide bonds. The second-order valence-corrected chi connectivity index (χ2v) is 6.86. The number of nitrogens with two attached hydrogens (primary N) is 1. The van der Waals surface area contributed by atoms with Crippen LogP contribution in [0.25, 0.3) is 0 Å². The second-order valence-electron chi connectivity index (χ2n) is 6.42. The molecule has 0 unspecified atom stereocenters. The number of hydrogen-bond acceptors (Lipinski definition) is 4. The van der Waals surface area contributed by atoms with Crippen molar-refractivity contribution < 1.29 is 14.4 Å². The highest BCUT2D eigenvalue weighted by atomic mass is 35.5. The van der Waals surface area contributed by atoms with E-state index in [9.17, 15) is 4.79 Å². The zero-order valence-corrected chi connectivity index (χ0v) is 13.9. The molecule has 3 rings (SSSR count). The van der Waals surface area contributed by atoms with Crippen molar-refractivity contribution in [3.05, 3.63) is 28.8 Å². The zero-order chi connectivity index (χ0) is 16.4. The summed E-state index contributed by atoms with van der Waals surface area (Å²) in [4.78, 5) is 17.0. The highest BCUT2D eigenvalue weighted by molar-refractivity contribution is 6.31. The highest BCUT2D eigenvalue weighted by Gasteiger charge is 2.40. The molecule has 0 saturated heterocycles. The Morgan fingerprint density at radius 3 is 2.87 bits per heavy atom. The Labute approximate surface area is 140 Å². The molecule has 5 nitrogen and oxygen atoms in total. The van der Waals surface area contributed by atoms with E-state index in [-0.39, 0.29) is 11.8 Å². The standard InChI is InChI=1S/C17H21ClN2O3/c1-22-15-5-4-13(18)9-14(15)17(19)20-23-16(21)8-12-7-10-2-3-11(12)6-10/h4-5,9-12H,2-3,6-8H2,1H3,(H2,19,20)/t10-,11-,12-/m0/s1. The van der Waals surface area contributed by atoms with Crippen molar-refractivity contribution in [3.8, 4) is 5.75 Å². The molecule has 1 aromatic carbocycles. The molecule has 2 saturated carbocycles. The summed E-state index contributed by atoms with van der Waals surface area (Å²) >= 11 is 5.96. The Hall–Kier alpha value is -1.75. The lowest BCUT2D eigenvalue weighted by Gasteiger charge is -2.19. The number of nitrogens with zero attached hydrogens (tertiary/aromatic N) is 1. The Kier molecular flexibility index (Phi) is 4.76. The minimum absolute atomic E-state index is 0.0747. The molecule has 2 aliphatic rings. The van der Waals surface area contributed by atoms with E-state index in [0.29, 0.717) is 34.6 Å². The molecule has 3 atom stereocenters. The third-order valence-corrected chi connectivity index (χ3v) is 5.23. The van der Waals surface area contributed by atoms with Crippen molar-refractivity contribution in [1.29, 1.82) is 0 Å². The quantitative estimate of drug-likeness (QED) is 0.387. The summed E-state index contributed by atoms with van der Waals surface area (Å²) in [5, 5.41) is 4.26. The molecule has 2 bridgehead atoms. The molecule has 2 fully saturated rings. The first kappa shape index (κ1) is 16.1. The lowest BCUT2D eigenvalue weighted by Crippen LogP contribution is -2.19. The minimum atomic E-state index is -0.327. The number of amidine groups is 1. The van der Waals surface area contributed by atoms with Crippen LogP contribution >= 0.6 is 11.6 Å². The first-order valence-corrected chi connectivity index (χ1v) is 8.32. The van der Waals surface area contributed by atoms with Crippen molar-refractivity contribution in [3.63, 3.8) is 0 Å². The minimum Gasteiger partial charge on any atom is -0.496 e. The number of oxime groups is 1. The number of benzene rings is 1. The van der Waals surface area contributed by atoms with Crippen molar-refractivity contribution in [2.75, 3.05) is 7.11 Å². The molecule has 0 aromatic heterocycles. The number of halogens is 1. The van der Waals surface area contributed by atoms with E-state index in [1.165, 1.54) is 26.4 Å². The zero-order valence-electron chi connectivity index (χ0n) is 13.1. The van der Waals surface area contributed by atoms with Crippen LogP contribution in [0, 0.1) is 17.8 Å². The molecule has 23 heavy (non-hydrogen) atoms. The van der Waals surface area contributed by atoms with E-state index >= 15 is 0 Å². The van der Waals surface area contributed by atoms with Gasteiger partial charge in [0.2, 0.25) is 0 Å². The first-order chi connectivity index (χ1) is 11.1. The van der Waals surface area contributed by atoms with Crippen LogP contribution < -0.4 is 10.5 Å². The highest BCUT2D eigenvalue weighted by Crippen LogP contribution is 2.49. The fraction of sp³-hybridized carbons (Fsp3) is 0.529. The molecule has 2 aliphatic carbocycles. The number of carbonyl (C=O) groups is 1. The molecule has 6 heteroatoms. The van der Waals surface area contributed by atoms with Crippen LogP contribution in [0.2, 0.25) is 5.02 Å². The Morgan fingerprint density at radius 2 is 2.22 bits per heavy atom. The lowest BCUT2D eigenvalue weighted by atomic mass is 9.86. The molecular weight excluding hydrogens is 316 g/mol. The lowest BCUT2D eigenvalue weighted by molar-refractivity contribution is -0.145. The van der Waals surface area contributed by atoms with Crippen LogP contribution in [0.4, 0.5) is 0 Å². The molecule has 0 spiro atoms. The molecule has 2 N–H and O–H groups in total. The Morgan fingerprint density at radius 1 is 1.39 bits per heavy atom. The van der Waals surface area contributed by atoms with Gasteiger partial charge in [-0.1, -0.05) is 23.2 Å². The number of ether oxygens (including phenoxy) is 1. The second kappa shape index (κ2) is 6.79. The van der Waals surface area contributed by atoms with Gasteiger partial charge in [0.1, 0.15) is 5.75 Å². The molecule has 124 valence electrons. The molecule has 1 aromatic rings. The van der Waals surface area contributed by atoms with Crippen LogP contribution in [0.15, 0.2) is 23.4 Å². The van der Waals surface area contributed by atoms with Crippen LogP contribution in [0.3, 0.4) is 0 Å². The Balaban J connectivity index is 1.60. The fourth-order valence-electron chi connectivity index (χ4n) is 3.91. The van der Waals surface area contributed by atoms with Gasteiger partial charge in [-0.15, -0.1) is 0 Å². The van der Waals surface area contributed by atoms with Gasteiger partial charge in [0.25, 0.3) is 0 Å². The molecule has 0 heterocycles. The van der Waals surface area contributed by atoms with Crippen LogP contribution in [0.1, 0.15) is 37.7 Å². The summed E-state index contributed by atoms with van der Waals surface area (Å²) in [6.45, 7) is 0. The average molecular weight is 337 g/mol. The van der Waals surface area contributed by atoms with Crippen molar-refractivity contribution >= 4 is 23.4 Å². The number of carbonyl (C=O) groups excluding carboxylic acids is 1. The van der Waals surface area contributed by atoms with Gasteiger partial charge >= 0.3 is 5.97 Å². The summed E-state index contributed by atoms with van der Waals surface area (Å²) in [6.07, 6.45) is 5.39. The molecule has 0 aliphatic heterocycles. The first-order valence-electron chi connectivity index (χ1n) is 7.94. The predicted octanol–water partition coefficient (Wildman–Crippen LogP) is 3.34. The van der Waals surface area contributed by atoms with E-state index in [4.69, 9.17) is 26.9 Å². The maximum Gasteiger partial charge on any atom is 0.335 e. The number of methoxy groups -OCH3 is 1. The van der Waals surface area contributed by atoms with Crippen LogP contribution in [-0.2, 0) is 9.63 Å². The van der Waals surface area contributed by atoms with Gasteiger partial charge in [-0.05, 0) is 55.2 Å². The molecule has 0 radical (unpaired) electrons. The van der Waals surface area contributed by atoms with Crippen molar-refractivity contribution in [1.82, 2.24) is 0 Å². The summed E-state index contributed by atoms with van der Waals surface area (Å²) in [5.74, 6) is 2.21. The topological polar surface area (TPSA) is 73.9 Å². The Bertz CT molecular complexity index is 632. The van der Waals surface area contributed by atoms with Crippen LogP contribution in [0.5, 0.6) is 5.75 Å². The fourth-order valence-corrected chi connectivity index (χ4v) is 4.08. The van der Waals surface area contributed by atoms with Crippen molar-refractivity contribution in [2.24, 2.45) is 28.6 Å². The third-order valence-electron chi connectivity index (χ3n) is 5.00. The van der Waals surface area contributed by atoms with E-state index < -0.39 is 0 Å². The summed E-state index contributed by atoms with van der Waals surface area (Å²) in [6, 6.07) is 5.01. The smallest absolute Gasteiger partial charge is 0.335 e. The van der Waals surface area contributed by atoms with Gasteiger partial charge in [-0.2, -0.15) is 0 Å². The number of rotatable bonds is 5. The van der Waals surface area contributed by atoms with Gasteiger partial charge in [0, 0.05) is 5.02 Å². The van der Waals surface area contributed by atoms with Gasteiger partial charge in [-0.3, -0.25) is 0 Å². The third kappa shape index (κ3) is 3.61. The van der Waals surface area contributed by atoms with Gasteiger partial charge < -0.3 is 15.3 Å². The maximum atomic E-state index is 12.0. The number of hydrogen-bond donors (Lipinski definition) is 1. The predicted molar refractivity (Wildman–Crippen MR) is 88.4 cm³/mol. The van der Waals surface area contributed by atoms with Gasteiger partial charge in [0.15, 0.2) is 5.84 Å². The van der Waals surface area contributed by atoms with Crippen molar-refractivity contribution in [2.45, 2.75) is 32.1 Å². The largest absolute Gasteiger partial charge is 0.496 e. The summed E-state index contributed by atoms with van der Waals surface area (Å²) < 4.78 is 5.21. The number of fused-ring (bicyclic) bond motifs is 2. The average Bonchev–Trinajstić information content (AvgIpc) is 3.15. The monoisotopic (exact) mass is 336 g/mol.